The molecular formula is C12H14N2O3S2. The third-order valence-corrected chi connectivity index (χ3v) is 3.89. The summed E-state index contributed by atoms with van der Waals surface area (Å²) < 4.78 is 6.53. The first-order valence-electron chi connectivity index (χ1n) is 5.79. The Morgan fingerprint density at radius 3 is 3.11 bits per heavy atom. The van der Waals surface area contributed by atoms with E-state index in [0.717, 1.165) is 0 Å². The number of fused-ring (bicyclic) bond motifs is 1. The van der Waals surface area contributed by atoms with E-state index in [1.807, 2.05) is 19.2 Å². The van der Waals surface area contributed by atoms with Crippen LogP contribution in [0.3, 0.4) is 0 Å². The lowest BCUT2D eigenvalue weighted by Gasteiger charge is -2.07. The maximum atomic E-state index is 11.7. The smallest absolute Gasteiger partial charge is 0.316 e. The van der Waals surface area contributed by atoms with E-state index < -0.39 is 0 Å². The number of thioether (sulfide) groups is 1. The van der Waals surface area contributed by atoms with E-state index in [0.29, 0.717) is 16.4 Å². The van der Waals surface area contributed by atoms with Gasteiger partial charge in [0.05, 0.1) is 17.6 Å². The van der Waals surface area contributed by atoms with Gasteiger partial charge in [-0.1, -0.05) is 0 Å². The number of hydrogen-bond donors (Lipinski definition) is 0. The third-order valence-electron chi connectivity index (χ3n) is 2.19. The highest BCUT2D eigenvalue weighted by atomic mass is 32.2. The van der Waals surface area contributed by atoms with Crippen molar-refractivity contribution in [1.82, 2.24) is 9.38 Å². The number of rotatable bonds is 5. The molecule has 2 heterocycles. The second kappa shape index (κ2) is 6.21. The van der Waals surface area contributed by atoms with Crippen molar-refractivity contribution >= 4 is 34.0 Å². The van der Waals surface area contributed by atoms with Crippen LogP contribution in [0.1, 0.15) is 19.5 Å². The van der Waals surface area contributed by atoms with Gasteiger partial charge in [-0.2, -0.15) is 0 Å². The summed E-state index contributed by atoms with van der Waals surface area (Å²) in [6.45, 7) is 3.63. The van der Waals surface area contributed by atoms with Crippen molar-refractivity contribution in [1.29, 1.82) is 0 Å². The molecule has 0 unspecified atom stereocenters. The average molecular weight is 298 g/mol. The fourth-order valence-electron chi connectivity index (χ4n) is 1.50. The Labute approximate surface area is 118 Å². The van der Waals surface area contributed by atoms with Gasteiger partial charge in [0.1, 0.15) is 0 Å². The van der Waals surface area contributed by atoms with E-state index >= 15 is 0 Å². The fraction of sp³-hybridized carbons (Fsp3) is 0.417. The molecule has 102 valence electrons. The average Bonchev–Trinajstić information content (AvgIpc) is 2.76. The van der Waals surface area contributed by atoms with Gasteiger partial charge in [0.25, 0.3) is 5.56 Å². The van der Waals surface area contributed by atoms with Gasteiger partial charge in [0.15, 0.2) is 4.96 Å². The first-order valence-corrected chi connectivity index (χ1v) is 7.82. The van der Waals surface area contributed by atoms with Gasteiger partial charge in [-0.25, -0.2) is 4.98 Å². The molecule has 0 amide bonds. The molecule has 19 heavy (non-hydrogen) atoms. The quantitative estimate of drug-likeness (QED) is 0.790. The summed E-state index contributed by atoms with van der Waals surface area (Å²) in [6, 6.07) is 1.50. The van der Waals surface area contributed by atoms with E-state index in [-0.39, 0.29) is 23.4 Å². The predicted molar refractivity (Wildman–Crippen MR) is 76.7 cm³/mol. The number of carbonyl (C=O) groups excluding carboxylic acids is 1. The van der Waals surface area contributed by atoms with Crippen LogP contribution < -0.4 is 5.56 Å². The molecule has 7 heteroatoms. The molecule has 0 aliphatic carbocycles. The van der Waals surface area contributed by atoms with Crippen molar-refractivity contribution in [2.75, 3.05) is 5.75 Å². The Hall–Kier alpha value is -1.34. The van der Waals surface area contributed by atoms with E-state index in [2.05, 4.69) is 4.98 Å². The highest BCUT2D eigenvalue weighted by Gasteiger charge is 2.07. The van der Waals surface area contributed by atoms with Crippen LogP contribution in [0.25, 0.3) is 4.96 Å². The normalized spacial score (nSPS) is 11.1. The molecule has 0 aliphatic heterocycles. The molecule has 0 N–H and O–H groups in total. The standard InChI is InChI=1S/C12H14N2O3S2/c1-8(2)17-11(16)7-18-6-9-5-10(15)14-3-4-19-12(14)13-9/h3-5,8H,6-7H2,1-2H3. The molecule has 0 bridgehead atoms. The van der Waals surface area contributed by atoms with E-state index in [4.69, 9.17) is 4.74 Å². The summed E-state index contributed by atoms with van der Waals surface area (Å²) in [5, 5.41) is 1.82. The van der Waals surface area contributed by atoms with Crippen molar-refractivity contribution in [2.45, 2.75) is 25.7 Å². The minimum Gasteiger partial charge on any atom is -0.462 e. The second-order valence-corrected chi connectivity index (χ2v) is 6.03. The van der Waals surface area contributed by atoms with Crippen LogP contribution in [-0.2, 0) is 15.3 Å². The minimum absolute atomic E-state index is 0.0911. The van der Waals surface area contributed by atoms with Crippen LogP contribution in [0.15, 0.2) is 22.4 Å². The summed E-state index contributed by atoms with van der Waals surface area (Å²) in [5.74, 6) is 0.550. The van der Waals surface area contributed by atoms with Crippen molar-refractivity contribution in [3.8, 4) is 0 Å². The van der Waals surface area contributed by atoms with E-state index in [9.17, 15) is 9.59 Å². The highest BCUT2D eigenvalue weighted by molar-refractivity contribution is 7.99. The summed E-state index contributed by atoms with van der Waals surface area (Å²) in [6.07, 6.45) is 1.60. The molecule has 0 radical (unpaired) electrons. The SMILES string of the molecule is CC(C)OC(=O)CSCc1cc(=O)n2ccsc2n1. The number of ether oxygens (including phenoxy) is 1. The Kier molecular flexibility index (Phi) is 4.60. The summed E-state index contributed by atoms with van der Waals surface area (Å²) >= 11 is 2.81. The maximum absolute atomic E-state index is 11.7. The zero-order valence-electron chi connectivity index (χ0n) is 10.7. The van der Waals surface area contributed by atoms with Crippen molar-refractivity contribution in [3.05, 3.63) is 33.7 Å². The number of hydrogen-bond acceptors (Lipinski definition) is 6. The molecule has 5 nitrogen and oxygen atoms in total. The van der Waals surface area contributed by atoms with Gasteiger partial charge in [-0.15, -0.1) is 23.1 Å². The Morgan fingerprint density at radius 2 is 2.37 bits per heavy atom. The zero-order chi connectivity index (χ0) is 13.8. The van der Waals surface area contributed by atoms with Crippen LogP contribution >= 0.6 is 23.1 Å². The Bertz CT molecular complexity index is 633. The number of aromatic nitrogens is 2. The number of thiazole rings is 1. The minimum atomic E-state index is -0.242. The molecule has 0 saturated heterocycles. The molecule has 0 atom stereocenters. The maximum Gasteiger partial charge on any atom is 0.316 e. The van der Waals surface area contributed by atoms with E-state index in [1.165, 1.54) is 33.6 Å². The lowest BCUT2D eigenvalue weighted by molar-refractivity contribution is -0.144. The van der Waals surface area contributed by atoms with Gasteiger partial charge in [0.2, 0.25) is 0 Å². The summed E-state index contributed by atoms with van der Waals surface area (Å²) in [4.78, 5) is 28.1. The number of nitrogens with zero attached hydrogens (tertiary/aromatic N) is 2. The van der Waals surface area contributed by atoms with Crippen LogP contribution in [0, 0.1) is 0 Å². The van der Waals surface area contributed by atoms with Crippen LogP contribution in [0.4, 0.5) is 0 Å². The molecule has 2 aromatic rings. The van der Waals surface area contributed by atoms with Crippen molar-refractivity contribution in [3.63, 3.8) is 0 Å². The van der Waals surface area contributed by atoms with Gasteiger partial charge in [0, 0.05) is 23.4 Å². The predicted octanol–water partition coefficient (Wildman–Crippen LogP) is 1.94. The molecule has 2 rings (SSSR count). The Balaban J connectivity index is 1.95. The molecule has 0 aliphatic rings. The van der Waals surface area contributed by atoms with Crippen LogP contribution in [0.2, 0.25) is 0 Å². The van der Waals surface area contributed by atoms with E-state index in [1.54, 1.807) is 6.20 Å². The van der Waals surface area contributed by atoms with Gasteiger partial charge in [-0.05, 0) is 13.8 Å². The summed E-state index contributed by atoms with van der Waals surface area (Å²) in [7, 11) is 0. The lowest BCUT2D eigenvalue weighted by atomic mass is 10.4. The van der Waals surface area contributed by atoms with Crippen LogP contribution in [-0.4, -0.2) is 27.2 Å². The fourth-order valence-corrected chi connectivity index (χ4v) is 2.93. The molecule has 0 aromatic carbocycles. The third kappa shape index (κ3) is 3.81. The van der Waals surface area contributed by atoms with Gasteiger partial charge < -0.3 is 4.74 Å². The van der Waals surface area contributed by atoms with Gasteiger partial charge >= 0.3 is 5.97 Å². The first-order chi connectivity index (χ1) is 9.06. The highest BCUT2D eigenvalue weighted by Crippen LogP contribution is 2.12. The molecular weight excluding hydrogens is 284 g/mol. The Morgan fingerprint density at radius 1 is 1.58 bits per heavy atom. The zero-order valence-corrected chi connectivity index (χ0v) is 12.3. The monoisotopic (exact) mass is 298 g/mol. The second-order valence-electron chi connectivity index (χ2n) is 4.17. The number of carbonyl (C=O) groups is 1. The molecule has 0 saturated carbocycles. The molecule has 2 aromatic heterocycles. The molecule has 0 fully saturated rings. The largest absolute Gasteiger partial charge is 0.462 e. The van der Waals surface area contributed by atoms with Crippen molar-refractivity contribution < 1.29 is 9.53 Å². The number of esters is 1. The van der Waals surface area contributed by atoms with Crippen molar-refractivity contribution in [2.24, 2.45) is 0 Å². The lowest BCUT2D eigenvalue weighted by Crippen LogP contribution is -2.14. The van der Waals surface area contributed by atoms with Gasteiger partial charge in [-0.3, -0.25) is 14.0 Å². The molecule has 0 spiro atoms. The summed E-state index contributed by atoms with van der Waals surface area (Å²) in [5.41, 5.74) is 0.599. The first kappa shape index (κ1) is 14.1. The van der Waals surface area contributed by atoms with Crippen LogP contribution in [0.5, 0.6) is 0 Å². The topological polar surface area (TPSA) is 60.7 Å².